The van der Waals surface area contributed by atoms with Gasteiger partial charge < -0.3 is 31.2 Å². The summed E-state index contributed by atoms with van der Waals surface area (Å²) in [6, 6.07) is 19.7. The van der Waals surface area contributed by atoms with Crippen LogP contribution in [-0.4, -0.2) is 51.4 Å². The van der Waals surface area contributed by atoms with Gasteiger partial charge in [0, 0.05) is 19.6 Å². The van der Waals surface area contributed by atoms with Crippen LogP contribution in [0.2, 0.25) is 0 Å². The van der Waals surface area contributed by atoms with Crippen molar-refractivity contribution in [1.29, 1.82) is 0 Å². The summed E-state index contributed by atoms with van der Waals surface area (Å²) in [6.45, 7) is 12.5. The molecule has 2 rings (SSSR count). The minimum atomic E-state index is -0.505. The largest absolute Gasteiger partial charge is 0.460 e. The zero-order chi connectivity index (χ0) is 30.3. The van der Waals surface area contributed by atoms with Gasteiger partial charge in [-0.1, -0.05) is 60.7 Å². The summed E-state index contributed by atoms with van der Waals surface area (Å²) in [4.78, 5) is 25.7. The molecular weight excluding hydrogens is 544 g/mol. The molecule has 0 spiro atoms. The minimum Gasteiger partial charge on any atom is -0.460 e. The number of thiocarbonyl (C=S) groups is 2. The van der Waals surface area contributed by atoms with Gasteiger partial charge in [0.1, 0.15) is 11.2 Å². The molecule has 1 atom stereocenters. The van der Waals surface area contributed by atoms with Crippen molar-refractivity contribution < 1.29 is 19.1 Å². The number of carbonyl (C=O) groups is 2. The van der Waals surface area contributed by atoms with Crippen molar-refractivity contribution >= 4 is 46.6 Å². The molecule has 0 fully saturated rings. The molecule has 0 aliphatic heterocycles. The molecule has 1 unspecified atom stereocenters. The van der Waals surface area contributed by atoms with Gasteiger partial charge in [-0.3, -0.25) is 9.59 Å². The molecule has 0 heterocycles. The molecular formula is C30H44N4O4S2. The Kier molecular flexibility index (Phi) is 14.6. The smallest absolute Gasteiger partial charge is 0.311 e. The Morgan fingerprint density at radius 2 is 1.35 bits per heavy atom. The topological polar surface area (TPSA) is 120 Å². The van der Waals surface area contributed by atoms with Crippen molar-refractivity contribution in [3.05, 3.63) is 71.8 Å². The standard InChI is InChI=1S/2C15H22N2O2S/c1-15(2,3)19-13(18)12(10-17-14(16)20)9-11-7-5-4-6-8-11;1-15(2,3)19-13(18)9-10-17(14(16)20)11-12-7-5-4-6-8-12/h4-8,12H,9-10H2,1-3H3,(H3,16,17,20);4-8H,9-11H2,1-3H3,(H2,16,20). The summed E-state index contributed by atoms with van der Waals surface area (Å²) in [5, 5.41) is 3.32. The molecule has 5 N–H and O–H groups in total. The van der Waals surface area contributed by atoms with Crippen molar-refractivity contribution in [2.45, 2.75) is 72.1 Å². The first-order valence-corrected chi connectivity index (χ1v) is 14.0. The quantitative estimate of drug-likeness (QED) is 0.271. The van der Waals surface area contributed by atoms with E-state index in [1.165, 1.54) is 0 Å². The van der Waals surface area contributed by atoms with Crippen LogP contribution in [0.5, 0.6) is 0 Å². The molecule has 0 amide bonds. The molecule has 8 nitrogen and oxygen atoms in total. The van der Waals surface area contributed by atoms with E-state index in [0.29, 0.717) is 26.1 Å². The van der Waals surface area contributed by atoms with Crippen LogP contribution in [0.25, 0.3) is 0 Å². The Hall–Kier alpha value is -3.24. The number of hydrogen-bond acceptors (Lipinski definition) is 6. The van der Waals surface area contributed by atoms with Gasteiger partial charge in [-0.15, -0.1) is 0 Å². The van der Waals surface area contributed by atoms with Gasteiger partial charge in [-0.05, 0) is 83.5 Å². The first-order valence-electron chi connectivity index (χ1n) is 13.2. The maximum atomic E-state index is 12.2. The van der Waals surface area contributed by atoms with Gasteiger partial charge in [-0.25, -0.2) is 0 Å². The van der Waals surface area contributed by atoms with Crippen molar-refractivity contribution in [1.82, 2.24) is 10.2 Å². The Balaban J connectivity index is 0.000000400. The molecule has 2 aromatic carbocycles. The van der Waals surface area contributed by atoms with Crippen LogP contribution in [0.1, 0.15) is 59.1 Å². The van der Waals surface area contributed by atoms with Crippen LogP contribution in [-0.2, 0) is 32.0 Å². The highest BCUT2D eigenvalue weighted by Crippen LogP contribution is 2.15. The number of ether oxygens (including phenoxy) is 2. The van der Waals surface area contributed by atoms with Crippen molar-refractivity contribution in [2.75, 3.05) is 13.1 Å². The number of rotatable bonds is 10. The van der Waals surface area contributed by atoms with Gasteiger partial charge >= 0.3 is 11.9 Å². The SMILES string of the molecule is CC(C)(C)OC(=O)C(CNC(N)=S)Cc1ccccc1.CC(C)(C)OC(=O)CCN(Cc1ccccc1)C(N)=S. The third-order valence-electron chi connectivity index (χ3n) is 5.12. The van der Waals surface area contributed by atoms with Crippen molar-refractivity contribution in [3.63, 3.8) is 0 Å². The number of nitrogens with zero attached hydrogens (tertiary/aromatic N) is 1. The lowest BCUT2D eigenvalue weighted by molar-refractivity contribution is -0.159. The van der Waals surface area contributed by atoms with Crippen LogP contribution >= 0.6 is 24.4 Å². The summed E-state index contributed by atoms with van der Waals surface area (Å²) in [7, 11) is 0. The lowest BCUT2D eigenvalue weighted by Gasteiger charge is -2.24. The Bertz CT molecular complexity index is 1080. The minimum absolute atomic E-state index is 0.187. The number of carbonyl (C=O) groups excluding carboxylic acids is 2. The summed E-state index contributed by atoms with van der Waals surface area (Å²) in [5.74, 6) is -0.810. The third-order valence-corrected chi connectivity index (χ3v) is 5.52. The van der Waals surface area contributed by atoms with Gasteiger partial charge in [0.2, 0.25) is 0 Å². The number of nitrogens with two attached hydrogens (primary N) is 2. The number of nitrogens with one attached hydrogen (secondary N) is 1. The van der Waals surface area contributed by atoms with E-state index < -0.39 is 11.2 Å². The van der Waals surface area contributed by atoms with Gasteiger partial charge in [0.25, 0.3) is 0 Å². The van der Waals surface area contributed by atoms with Crippen LogP contribution in [0.15, 0.2) is 60.7 Å². The van der Waals surface area contributed by atoms with Crippen molar-refractivity contribution in [3.8, 4) is 0 Å². The van der Waals surface area contributed by atoms with E-state index in [2.05, 4.69) is 5.32 Å². The van der Waals surface area contributed by atoms with E-state index in [4.69, 9.17) is 45.4 Å². The van der Waals surface area contributed by atoms with E-state index >= 15 is 0 Å². The highest BCUT2D eigenvalue weighted by Gasteiger charge is 2.25. The average molecular weight is 589 g/mol. The molecule has 2 aromatic rings. The molecule has 0 aliphatic rings. The van der Waals surface area contributed by atoms with E-state index in [9.17, 15) is 9.59 Å². The lowest BCUT2D eigenvalue weighted by Crippen LogP contribution is -2.39. The molecule has 0 aliphatic carbocycles. The first-order chi connectivity index (χ1) is 18.6. The fourth-order valence-corrected chi connectivity index (χ4v) is 3.68. The number of benzene rings is 2. The van der Waals surface area contributed by atoms with Crippen LogP contribution in [0.4, 0.5) is 0 Å². The zero-order valence-corrected chi connectivity index (χ0v) is 26.1. The molecule has 0 saturated heterocycles. The number of esters is 2. The summed E-state index contributed by atoms with van der Waals surface area (Å²) >= 11 is 9.82. The van der Waals surface area contributed by atoms with E-state index in [-0.39, 0.29) is 34.5 Å². The Labute approximate surface area is 249 Å². The molecule has 0 aromatic heterocycles. The lowest BCUT2D eigenvalue weighted by atomic mass is 9.99. The molecule has 0 radical (unpaired) electrons. The summed E-state index contributed by atoms with van der Waals surface area (Å²) < 4.78 is 10.7. The van der Waals surface area contributed by atoms with Gasteiger partial charge in [0.15, 0.2) is 10.2 Å². The normalized spacial score (nSPS) is 11.8. The Morgan fingerprint density at radius 3 is 1.80 bits per heavy atom. The van der Waals surface area contributed by atoms with Gasteiger partial charge in [0.05, 0.1) is 12.3 Å². The van der Waals surface area contributed by atoms with E-state index in [1.807, 2.05) is 102 Å². The maximum Gasteiger partial charge on any atom is 0.311 e. The Morgan fingerprint density at radius 1 is 0.850 bits per heavy atom. The van der Waals surface area contributed by atoms with Crippen molar-refractivity contribution in [2.24, 2.45) is 17.4 Å². The van der Waals surface area contributed by atoms with Crippen LogP contribution in [0.3, 0.4) is 0 Å². The molecule has 0 saturated carbocycles. The second-order valence-corrected chi connectivity index (χ2v) is 12.1. The molecule has 40 heavy (non-hydrogen) atoms. The first kappa shape index (κ1) is 34.8. The monoisotopic (exact) mass is 588 g/mol. The number of hydrogen-bond donors (Lipinski definition) is 3. The summed E-state index contributed by atoms with van der Waals surface area (Å²) in [6.07, 6.45) is 0.854. The van der Waals surface area contributed by atoms with Crippen LogP contribution < -0.4 is 16.8 Å². The predicted molar refractivity (Wildman–Crippen MR) is 168 cm³/mol. The average Bonchev–Trinajstić information content (AvgIpc) is 2.83. The maximum absolute atomic E-state index is 12.2. The fraction of sp³-hybridized carbons (Fsp3) is 0.467. The predicted octanol–water partition coefficient (Wildman–Crippen LogP) is 4.48. The third kappa shape index (κ3) is 16.7. The fourth-order valence-electron chi connectivity index (χ4n) is 3.44. The molecule has 10 heteroatoms. The zero-order valence-electron chi connectivity index (χ0n) is 24.4. The van der Waals surface area contributed by atoms with E-state index in [0.717, 1.165) is 11.1 Å². The highest BCUT2D eigenvalue weighted by molar-refractivity contribution is 7.80. The second-order valence-electron chi connectivity index (χ2n) is 11.2. The second kappa shape index (κ2) is 16.8. The van der Waals surface area contributed by atoms with E-state index in [1.54, 1.807) is 4.90 Å². The molecule has 220 valence electrons. The highest BCUT2D eigenvalue weighted by atomic mass is 32.1. The van der Waals surface area contributed by atoms with Gasteiger partial charge in [-0.2, -0.15) is 0 Å². The summed E-state index contributed by atoms with van der Waals surface area (Å²) in [5.41, 5.74) is 12.3. The van der Waals surface area contributed by atoms with Crippen LogP contribution in [0, 0.1) is 5.92 Å². The molecule has 0 bridgehead atoms.